The monoisotopic (exact) mass is 368 g/mol. The second kappa shape index (κ2) is 7.51. The van der Waals surface area contributed by atoms with E-state index in [-0.39, 0.29) is 28.9 Å². The van der Waals surface area contributed by atoms with E-state index in [0.29, 0.717) is 12.1 Å². The van der Waals surface area contributed by atoms with Crippen LogP contribution in [0.4, 0.5) is 11.4 Å². The molecule has 0 aliphatic carbocycles. The zero-order valence-electron chi connectivity index (χ0n) is 16.5. The molecule has 0 radical (unpaired) electrons. The van der Waals surface area contributed by atoms with E-state index in [2.05, 4.69) is 24.1 Å². The van der Waals surface area contributed by atoms with Crippen molar-refractivity contribution in [3.63, 3.8) is 0 Å². The van der Waals surface area contributed by atoms with Gasteiger partial charge in [-0.05, 0) is 61.1 Å². The number of hydrogen-bond acceptors (Lipinski definition) is 4. The molecule has 27 heavy (non-hydrogen) atoms. The first-order chi connectivity index (χ1) is 12.8. The van der Waals surface area contributed by atoms with E-state index in [0.717, 1.165) is 25.1 Å². The highest BCUT2D eigenvalue weighted by atomic mass is 16.3. The molecule has 0 saturated carbocycles. The van der Waals surface area contributed by atoms with Crippen molar-refractivity contribution >= 4 is 17.3 Å². The maximum absolute atomic E-state index is 13.2. The van der Waals surface area contributed by atoms with Crippen molar-refractivity contribution in [1.82, 2.24) is 0 Å². The minimum Gasteiger partial charge on any atom is -0.508 e. The summed E-state index contributed by atoms with van der Waals surface area (Å²) in [4.78, 5) is 17.1. The van der Waals surface area contributed by atoms with Gasteiger partial charge in [0.2, 0.25) is 0 Å². The van der Waals surface area contributed by atoms with Gasteiger partial charge in [-0.1, -0.05) is 13.8 Å². The molecule has 5 heteroatoms. The molecule has 144 valence electrons. The van der Waals surface area contributed by atoms with E-state index in [1.165, 1.54) is 17.3 Å². The van der Waals surface area contributed by atoms with Gasteiger partial charge in [-0.15, -0.1) is 0 Å². The third-order valence-corrected chi connectivity index (χ3v) is 5.28. The number of hydrogen-bond donors (Lipinski definition) is 2. The lowest BCUT2D eigenvalue weighted by atomic mass is 9.98. The fourth-order valence-electron chi connectivity index (χ4n) is 3.76. The fourth-order valence-corrected chi connectivity index (χ4v) is 3.76. The molecule has 1 aliphatic heterocycles. The van der Waals surface area contributed by atoms with Crippen LogP contribution in [0.2, 0.25) is 0 Å². The molecular formula is C22H28N2O3. The highest BCUT2D eigenvalue weighted by Crippen LogP contribution is 2.35. The van der Waals surface area contributed by atoms with E-state index in [4.69, 9.17) is 0 Å². The fraction of sp³-hybridized carbons (Fsp3) is 0.409. The van der Waals surface area contributed by atoms with Crippen molar-refractivity contribution in [3.05, 3.63) is 47.0 Å². The second-order valence-corrected chi connectivity index (χ2v) is 7.47. The van der Waals surface area contributed by atoms with Crippen molar-refractivity contribution in [3.8, 4) is 11.5 Å². The van der Waals surface area contributed by atoms with Crippen molar-refractivity contribution in [2.24, 2.45) is 0 Å². The molecule has 5 nitrogen and oxygen atoms in total. The average Bonchev–Trinajstić information content (AvgIpc) is 2.62. The number of carbonyl (C=O) groups is 1. The predicted octanol–water partition coefficient (Wildman–Crippen LogP) is 4.27. The third kappa shape index (κ3) is 3.59. The number of aromatic hydroxyl groups is 2. The smallest absolute Gasteiger partial charge is 0.262 e. The summed E-state index contributed by atoms with van der Waals surface area (Å²) in [6, 6.07) is 8.97. The van der Waals surface area contributed by atoms with Crippen molar-refractivity contribution < 1.29 is 15.0 Å². The van der Waals surface area contributed by atoms with Crippen LogP contribution in [-0.2, 0) is 6.42 Å². The van der Waals surface area contributed by atoms with Gasteiger partial charge in [0.25, 0.3) is 5.91 Å². The van der Waals surface area contributed by atoms with Gasteiger partial charge >= 0.3 is 0 Å². The van der Waals surface area contributed by atoms with Gasteiger partial charge in [0.05, 0.1) is 5.56 Å². The number of aryl methyl sites for hydroxylation is 1. The Morgan fingerprint density at radius 3 is 2.59 bits per heavy atom. The molecule has 1 amide bonds. The zero-order chi connectivity index (χ0) is 19.7. The molecule has 2 N–H and O–H groups in total. The maximum Gasteiger partial charge on any atom is 0.262 e. The van der Waals surface area contributed by atoms with Crippen LogP contribution in [0.25, 0.3) is 0 Å². The normalized spacial score (nSPS) is 13.6. The summed E-state index contributed by atoms with van der Waals surface area (Å²) in [5.74, 6) is -0.399. The Morgan fingerprint density at radius 2 is 1.93 bits per heavy atom. The summed E-state index contributed by atoms with van der Waals surface area (Å²) in [5, 5.41) is 20.3. The van der Waals surface area contributed by atoms with E-state index < -0.39 is 0 Å². The lowest BCUT2D eigenvalue weighted by Crippen LogP contribution is -2.31. The third-order valence-electron chi connectivity index (χ3n) is 5.28. The summed E-state index contributed by atoms with van der Waals surface area (Å²) in [5.41, 5.74) is 4.15. The average molecular weight is 368 g/mol. The Bertz CT molecular complexity index is 861. The number of phenolic OH excluding ortho intramolecular Hbond substituents is 2. The van der Waals surface area contributed by atoms with Gasteiger partial charge in [-0.2, -0.15) is 0 Å². The maximum atomic E-state index is 13.2. The van der Waals surface area contributed by atoms with Crippen LogP contribution in [0.3, 0.4) is 0 Å². The molecule has 1 heterocycles. The van der Waals surface area contributed by atoms with Crippen LogP contribution in [0.1, 0.15) is 54.6 Å². The summed E-state index contributed by atoms with van der Waals surface area (Å²) in [7, 11) is 2.09. The van der Waals surface area contributed by atoms with E-state index in [9.17, 15) is 15.0 Å². The van der Waals surface area contributed by atoms with Crippen LogP contribution in [0.15, 0.2) is 30.3 Å². The van der Waals surface area contributed by atoms with Gasteiger partial charge in [-0.25, -0.2) is 0 Å². The Balaban J connectivity index is 1.99. The van der Waals surface area contributed by atoms with Gasteiger partial charge in [0.1, 0.15) is 11.5 Å². The largest absolute Gasteiger partial charge is 0.508 e. The number of amides is 1. The number of fused-ring (bicyclic) bond motifs is 1. The molecule has 0 bridgehead atoms. The Hall–Kier alpha value is -2.69. The predicted molar refractivity (Wildman–Crippen MR) is 109 cm³/mol. The topological polar surface area (TPSA) is 64.0 Å². The Morgan fingerprint density at radius 1 is 1.19 bits per heavy atom. The van der Waals surface area contributed by atoms with Gasteiger partial charge < -0.3 is 20.0 Å². The molecule has 2 aromatic carbocycles. The standard InChI is InChI=1S/C22H28N2O3/c1-5-24(16-8-9-19-15(11-16)7-6-10-23(19)4)22(27)18-12-17(14(2)3)20(25)13-21(18)26/h8-9,11-14,25-26H,5-7,10H2,1-4H3. The number of nitrogens with zero attached hydrogens (tertiary/aromatic N) is 2. The molecule has 1 aliphatic rings. The van der Waals surface area contributed by atoms with Gasteiger partial charge in [0, 0.05) is 37.6 Å². The molecule has 0 aromatic heterocycles. The molecular weight excluding hydrogens is 340 g/mol. The summed E-state index contributed by atoms with van der Waals surface area (Å²) in [6.07, 6.45) is 2.10. The van der Waals surface area contributed by atoms with Crippen molar-refractivity contribution in [1.29, 1.82) is 0 Å². The molecule has 0 fully saturated rings. The Kier molecular flexibility index (Phi) is 5.31. The highest BCUT2D eigenvalue weighted by molar-refractivity contribution is 6.08. The van der Waals surface area contributed by atoms with Gasteiger partial charge in [-0.3, -0.25) is 4.79 Å². The quantitative estimate of drug-likeness (QED) is 0.846. The summed E-state index contributed by atoms with van der Waals surface area (Å²) >= 11 is 0. The first-order valence-corrected chi connectivity index (χ1v) is 9.55. The van der Waals surface area contributed by atoms with Gasteiger partial charge in [0.15, 0.2) is 0 Å². The zero-order valence-corrected chi connectivity index (χ0v) is 16.5. The minimum absolute atomic E-state index is 0.0129. The van der Waals surface area contributed by atoms with Crippen LogP contribution < -0.4 is 9.80 Å². The van der Waals surface area contributed by atoms with E-state index >= 15 is 0 Å². The SMILES string of the molecule is CCN(C(=O)c1cc(C(C)C)c(O)cc1O)c1ccc2c(c1)CCCN2C. The number of rotatable bonds is 4. The summed E-state index contributed by atoms with van der Waals surface area (Å²) in [6.45, 7) is 7.34. The van der Waals surface area contributed by atoms with Crippen LogP contribution in [0.5, 0.6) is 11.5 Å². The van der Waals surface area contributed by atoms with Crippen LogP contribution >= 0.6 is 0 Å². The molecule has 0 saturated heterocycles. The molecule has 0 atom stereocenters. The number of anilines is 2. The lowest BCUT2D eigenvalue weighted by molar-refractivity contribution is 0.0985. The molecule has 0 unspecified atom stereocenters. The molecule has 2 aromatic rings. The molecule has 0 spiro atoms. The van der Waals surface area contributed by atoms with Crippen molar-refractivity contribution in [2.45, 2.75) is 39.5 Å². The number of benzene rings is 2. The van der Waals surface area contributed by atoms with Crippen LogP contribution in [0, 0.1) is 0 Å². The van der Waals surface area contributed by atoms with E-state index in [1.807, 2.05) is 26.8 Å². The number of carbonyl (C=O) groups excluding carboxylic acids is 1. The molecule has 3 rings (SSSR count). The van der Waals surface area contributed by atoms with Crippen LogP contribution in [-0.4, -0.2) is 36.3 Å². The summed E-state index contributed by atoms with van der Waals surface area (Å²) < 4.78 is 0. The highest BCUT2D eigenvalue weighted by Gasteiger charge is 2.23. The number of phenols is 2. The second-order valence-electron chi connectivity index (χ2n) is 7.47. The first-order valence-electron chi connectivity index (χ1n) is 9.55. The van der Waals surface area contributed by atoms with E-state index in [1.54, 1.807) is 11.0 Å². The van der Waals surface area contributed by atoms with Crippen molar-refractivity contribution in [2.75, 3.05) is 29.9 Å². The lowest BCUT2D eigenvalue weighted by Gasteiger charge is -2.29. The Labute approximate surface area is 160 Å². The first kappa shape index (κ1) is 19.1. The minimum atomic E-state index is -0.263.